The van der Waals surface area contributed by atoms with Crippen LogP contribution in [0.3, 0.4) is 0 Å². The van der Waals surface area contributed by atoms with E-state index in [1.807, 2.05) is 0 Å². The molecule has 5 nitrogen and oxygen atoms in total. The molecule has 1 atom stereocenters. The molecule has 0 saturated carbocycles. The Bertz CT molecular complexity index is 544. The fourth-order valence-corrected chi connectivity index (χ4v) is 3.02. The third-order valence-corrected chi connectivity index (χ3v) is 4.20. The molecule has 0 aliphatic rings. The van der Waals surface area contributed by atoms with Gasteiger partial charge in [0, 0.05) is 24.8 Å². The maximum atomic E-state index is 12.3. The number of rotatable bonds is 4. The Kier molecular flexibility index (Phi) is 5.79. The van der Waals surface area contributed by atoms with Gasteiger partial charge in [0.1, 0.15) is 14.1 Å². The molecule has 0 amide bonds. The van der Waals surface area contributed by atoms with Gasteiger partial charge in [-0.25, -0.2) is 4.98 Å². The summed E-state index contributed by atoms with van der Waals surface area (Å²) in [5, 5.41) is 0.253. The number of benzene rings is 1. The second-order valence-corrected chi connectivity index (χ2v) is 5.52. The van der Waals surface area contributed by atoms with E-state index in [1.54, 1.807) is 36.5 Å². The quantitative estimate of drug-likeness (QED) is 0.442. The molecule has 0 saturated heterocycles. The fourth-order valence-electron chi connectivity index (χ4n) is 1.55. The zero-order valence-electron chi connectivity index (χ0n) is 10.3. The normalized spacial score (nSPS) is 13.7. The van der Waals surface area contributed by atoms with Crippen molar-refractivity contribution in [2.24, 2.45) is 0 Å². The van der Waals surface area contributed by atoms with Crippen molar-refractivity contribution < 1.29 is 43.8 Å². The molecule has 0 radical (unpaired) electrons. The topological polar surface area (TPSA) is 67.2 Å². The molecule has 1 aromatic heterocycles. The summed E-state index contributed by atoms with van der Waals surface area (Å²) >= 11 is 0. The van der Waals surface area contributed by atoms with Crippen LogP contribution in [0.2, 0.25) is 0 Å². The molecule has 1 unspecified atom stereocenters. The molecule has 18 heavy (non-hydrogen) atoms. The first-order valence-corrected chi connectivity index (χ1v) is 6.66. The minimum absolute atomic E-state index is 0. The van der Waals surface area contributed by atoms with Crippen molar-refractivity contribution >= 4 is 18.2 Å². The molecule has 1 heterocycles. The summed E-state index contributed by atoms with van der Waals surface area (Å²) in [4.78, 5) is 16.2. The Morgan fingerprint density at radius 1 is 1.39 bits per heavy atom. The summed E-state index contributed by atoms with van der Waals surface area (Å²) in [5.41, 5.74) is 0.0190. The SMILES string of the molecule is COCn1ccnc1P(=O)([O-])c1ccccc1.[Na+]. The van der Waals surface area contributed by atoms with Gasteiger partial charge in [0.05, 0.1) is 0 Å². The van der Waals surface area contributed by atoms with Crippen molar-refractivity contribution in [1.82, 2.24) is 9.55 Å². The second kappa shape index (κ2) is 6.66. The van der Waals surface area contributed by atoms with Crippen LogP contribution in [0.1, 0.15) is 0 Å². The maximum Gasteiger partial charge on any atom is 1.00 e. The van der Waals surface area contributed by atoms with E-state index in [4.69, 9.17) is 4.74 Å². The number of hydrogen-bond acceptors (Lipinski definition) is 4. The first-order chi connectivity index (χ1) is 8.16. The van der Waals surface area contributed by atoms with Gasteiger partial charge in [-0.15, -0.1) is 0 Å². The van der Waals surface area contributed by atoms with Crippen molar-refractivity contribution in [1.29, 1.82) is 0 Å². The Morgan fingerprint density at radius 3 is 2.67 bits per heavy atom. The van der Waals surface area contributed by atoms with Crippen LogP contribution >= 0.6 is 7.37 Å². The van der Waals surface area contributed by atoms with Crippen molar-refractivity contribution in [3.8, 4) is 0 Å². The molecule has 2 rings (SSSR count). The minimum atomic E-state index is -3.89. The van der Waals surface area contributed by atoms with E-state index < -0.39 is 7.37 Å². The van der Waals surface area contributed by atoms with Gasteiger partial charge < -0.3 is 18.8 Å². The van der Waals surface area contributed by atoms with Gasteiger partial charge >= 0.3 is 29.6 Å². The van der Waals surface area contributed by atoms with E-state index in [0.717, 1.165) is 0 Å². The van der Waals surface area contributed by atoms with Crippen LogP contribution in [0.4, 0.5) is 0 Å². The predicted molar refractivity (Wildman–Crippen MR) is 62.6 cm³/mol. The molecule has 0 N–H and O–H groups in total. The number of methoxy groups -OCH3 is 1. The molecule has 2 aromatic rings. The molecule has 0 aliphatic heterocycles. The minimum Gasteiger partial charge on any atom is -0.790 e. The molecular weight excluding hydrogens is 262 g/mol. The zero-order chi connectivity index (χ0) is 12.3. The van der Waals surface area contributed by atoms with Crippen molar-refractivity contribution in [2.45, 2.75) is 6.73 Å². The summed E-state index contributed by atoms with van der Waals surface area (Å²) in [5.74, 6) is 0. The first kappa shape index (κ1) is 15.6. The van der Waals surface area contributed by atoms with Crippen LogP contribution in [-0.4, -0.2) is 16.7 Å². The third-order valence-electron chi connectivity index (χ3n) is 2.32. The molecule has 0 fully saturated rings. The molecule has 0 aliphatic carbocycles. The van der Waals surface area contributed by atoms with E-state index in [-0.39, 0.29) is 47.2 Å². The standard InChI is InChI=1S/C11H13N2O3P.Na/c1-16-9-13-8-7-12-11(13)17(14,15)10-5-3-2-4-6-10;/h2-8H,9H2,1H3,(H,14,15);/q;+1/p-1. The molecule has 0 bridgehead atoms. The van der Waals surface area contributed by atoms with Gasteiger partial charge in [-0.05, 0) is 0 Å². The first-order valence-electron chi connectivity index (χ1n) is 5.03. The van der Waals surface area contributed by atoms with Crippen LogP contribution in [0.15, 0.2) is 42.7 Å². The average molecular weight is 274 g/mol. The Balaban J connectivity index is 0.00000162. The monoisotopic (exact) mass is 274 g/mol. The molecule has 90 valence electrons. The number of imidazole rings is 1. The summed E-state index contributed by atoms with van der Waals surface area (Å²) in [6.45, 7) is 0.161. The van der Waals surface area contributed by atoms with Gasteiger partial charge in [0.15, 0.2) is 5.57 Å². The van der Waals surface area contributed by atoms with E-state index in [2.05, 4.69) is 4.98 Å². The fraction of sp³-hybridized carbons (Fsp3) is 0.182. The number of nitrogens with zero attached hydrogens (tertiary/aromatic N) is 2. The van der Waals surface area contributed by atoms with Gasteiger partial charge in [-0.2, -0.15) is 0 Å². The Morgan fingerprint density at radius 2 is 2.06 bits per heavy atom. The van der Waals surface area contributed by atoms with Gasteiger partial charge in [0.2, 0.25) is 0 Å². The Hall–Kier alpha value is -0.420. The zero-order valence-corrected chi connectivity index (χ0v) is 13.2. The van der Waals surface area contributed by atoms with Crippen molar-refractivity contribution in [3.63, 3.8) is 0 Å². The Labute approximate surface area is 128 Å². The van der Waals surface area contributed by atoms with Crippen LogP contribution in [0, 0.1) is 0 Å². The summed E-state index contributed by atoms with van der Waals surface area (Å²) in [6.07, 6.45) is 3.02. The molecule has 1 aromatic carbocycles. The van der Waals surface area contributed by atoms with Crippen LogP contribution in [0.25, 0.3) is 0 Å². The third kappa shape index (κ3) is 3.12. The summed E-state index contributed by atoms with van der Waals surface area (Å²) < 4.78 is 18.7. The number of ether oxygens (including phenoxy) is 1. The van der Waals surface area contributed by atoms with Gasteiger partial charge in [-0.3, -0.25) is 0 Å². The predicted octanol–water partition coefficient (Wildman–Crippen LogP) is -2.92. The molecular formula is C11H12N2NaO3P. The van der Waals surface area contributed by atoms with E-state index in [9.17, 15) is 9.46 Å². The van der Waals surface area contributed by atoms with E-state index in [0.29, 0.717) is 0 Å². The smallest absolute Gasteiger partial charge is 0.790 e. The van der Waals surface area contributed by atoms with E-state index >= 15 is 0 Å². The van der Waals surface area contributed by atoms with Crippen LogP contribution in [-0.2, 0) is 16.0 Å². The maximum absolute atomic E-state index is 12.3. The summed E-state index contributed by atoms with van der Waals surface area (Å²) in [6, 6.07) is 8.25. The number of aromatic nitrogens is 2. The number of hydrogen-bond donors (Lipinski definition) is 0. The van der Waals surface area contributed by atoms with Crippen molar-refractivity contribution in [2.75, 3.05) is 7.11 Å². The largest absolute Gasteiger partial charge is 1.00 e. The molecule has 7 heteroatoms. The van der Waals surface area contributed by atoms with Crippen LogP contribution < -0.4 is 45.3 Å². The van der Waals surface area contributed by atoms with Crippen LogP contribution in [0.5, 0.6) is 0 Å². The van der Waals surface area contributed by atoms with Gasteiger partial charge in [0.25, 0.3) is 0 Å². The van der Waals surface area contributed by atoms with Gasteiger partial charge in [-0.1, -0.05) is 30.3 Å². The second-order valence-electron chi connectivity index (χ2n) is 3.50. The van der Waals surface area contributed by atoms with E-state index in [1.165, 1.54) is 17.9 Å². The summed E-state index contributed by atoms with van der Waals surface area (Å²) in [7, 11) is -2.39. The molecule has 0 spiro atoms. The average Bonchev–Trinajstić information content (AvgIpc) is 2.80. The van der Waals surface area contributed by atoms with Crippen molar-refractivity contribution in [3.05, 3.63) is 42.7 Å².